The smallest absolute Gasteiger partial charge is 0.252 e. The maximum absolute atomic E-state index is 13.6. The molecule has 1 aliphatic rings. The molecule has 0 saturated carbocycles. The van der Waals surface area contributed by atoms with E-state index in [4.69, 9.17) is 19.6 Å². The summed E-state index contributed by atoms with van der Waals surface area (Å²) in [6.45, 7) is 0.488. The van der Waals surface area contributed by atoms with Gasteiger partial charge in [0.05, 0.1) is 6.61 Å². The third-order valence-corrected chi connectivity index (χ3v) is 6.51. The van der Waals surface area contributed by atoms with E-state index in [0.717, 1.165) is 22.2 Å². The van der Waals surface area contributed by atoms with Crippen LogP contribution < -0.4 is 10.1 Å². The van der Waals surface area contributed by atoms with Crippen molar-refractivity contribution in [2.24, 2.45) is 4.99 Å². The number of benzene rings is 3. The van der Waals surface area contributed by atoms with E-state index < -0.39 is 17.2 Å². The van der Waals surface area contributed by atoms with Crippen molar-refractivity contribution in [2.75, 3.05) is 19.8 Å². The Bertz CT molecular complexity index is 1250. The molecule has 1 aliphatic heterocycles. The molecule has 0 bridgehead atoms. The summed E-state index contributed by atoms with van der Waals surface area (Å²) in [5.74, 6) is -1.33. The molecule has 0 aliphatic carbocycles. The minimum Gasteiger partial charge on any atom is -0.494 e. The molecule has 1 amide bonds. The van der Waals surface area contributed by atoms with Crippen LogP contribution >= 0.6 is 15.9 Å². The van der Waals surface area contributed by atoms with E-state index in [-0.39, 0.29) is 32.1 Å². The molecule has 0 spiro atoms. The minimum atomic E-state index is -1.26. The highest BCUT2D eigenvalue weighted by Gasteiger charge is 2.44. The number of hydrogen-bond donors (Lipinski definition) is 2. The topological polar surface area (TPSA) is 80.2 Å². The second-order valence-electron chi connectivity index (χ2n) is 8.39. The zero-order valence-corrected chi connectivity index (χ0v) is 20.9. The Labute approximate surface area is 216 Å². The van der Waals surface area contributed by atoms with Crippen molar-refractivity contribution in [1.82, 2.24) is 5.32 Å². The highest BCUT2D eigenvalue weighted by Crippen LogP contribution is 2.30. The summed E-state index contributed by atoms with van der Waals surface area (Å²) in [4.78, 5) is 18.2. The third-order valence-electron chi connectivity index (χ3n) is 5.74. The predicted molar refractivity (Wildman–Crippen MR) is 135 cm³/mol. The quantitative estimate of drug-likeness (QED) is 0.357. The van der Waals surface area contributed by atoms with Gasteiger partial charge in [0.1, 0.15) is 12.4 Å². The van der Waals surface area contributed by atoms with Crippen molar-refractivity contribution >= 4 is 27.7 Å². The Hall–Kier alpha value is -3.30. The number of aliphatic imine (C=N–C) groups is 1. The van der Waals surface area contributed by atoms with Crippen LogP contribution in [0.15, 0.2) is 76.2 Å². The normalized spacial score (nSPS) is 16.8. The summed E-state index contributed by atoms with van der Waals surface area (Å²) < 4.78 is 39.2. The van der Waals surface area contributed by atoms with Crippen LogP contribution in [0, 0.1) is 11.6 Å². The van der Waals surface area contributed by atoms with Crippen LogP contribution in [0.5, 0.6) is 5.75 Å². The van der Waals surface area contributed by atoms with Gasteiger partial charge in [0.2, 0.25) is 5.90 Å². The number of halogens is 3. The lowest BCUT2D eigenvalue weighted by molar-refractivity contribution is -0.126. The zero-order chi connectivity index (χ0) is 25.5. The van der Waals surface area contributed by atoms with E-state index >= 15 is 0 Å². The van der Waals surface area contributed by atoms with Gasteiger partial charge < -0.3 is 19.9 Å². The van der Waals surface area contributed by atoms with Crippen LogP contribution in [0.4, 0.5) is 8.78 Å². The molecule has 3 aromatic carbocycles. The number of aliphatic hydroxyl groups is 1. The average molecular weight is 559 g/mol. The molecular weight excluding hydrogens is 534 g/mol. The second kappa shape index (κ2) is 11.6. The fraction of sp³-hybridized carbons (Fsp3) is 0.259. The van der Waals surface area contributed by atoms with Crippen molar-refractivity contribution in [3.05, 3.63) is 99.5 Å². The first-order valence-corrected chi connectivity index (χ1v) is 12.2. The number of nitrogens with zero attached hydrogens (tertiary/aromatic N) is 1. The van der Waals surface area contributed by atoms with E-state index in [2.05, 4.69) is 21.2 Å². The van der Waals surface area contributed by atoms with E-state index in [0.29, 0.717) is 35.8 Å². The summed E-state index contributed by atoms with van der Waals surface area (Å²) in [6, 6.07) is 18.2. The molecule has 9 heteroatoms. The Morgan fingerprint density at radius 2 is 1.89 bits per heavy atom. The lowest BCUT2D eigenvalue weighted by atomic mass is 9.91. The van der Waals surface area contributed by atoms with Gasteiger partial charge >= 0.3 is 0 Å². The molecule has 6 nitrogen and oxygen atoms in total. The minimum absolute atomic E-state index is 0.0124. The first-order valence-electron chi connectivity index (χ1n) is 11.4. The summed E-state index contributed by atoms with van der Waals surface area (Å²) in [5.41, 5.74) is 0.737. The van der Waals surface area contributed by atoms with E-state index in [9.17, 15) is 13.6 Å². The third kappa shape index (κ3) is 6.09. The number of ether oxygens (including phenoxy) is 2. The highest BCUT2D eigenvalue weighted by molar-refractivity contribution is 9.10. The van der Waals surface area contributed by atoms with Crippen LogP contribution in [-0.2, 0) is 22.5 Å². The molecule has 1 heterocycles. The number of aliphatic hydroxyl groups excluding tert-OH is 1. The molecule has 0 unspecified atom stereocenters. The molecule has 4 rings (SSSR count). The molecule has 0 fully saturated rings. The van der Waals surface area contributed by atoms with Gasteiger partial charge in [-0.15, -0.1) is 0 Å². The number of carbonyl (C=O) groups is 1. The van der Waals surface area contributed by atoms with E-state index in [1.165, 1.54) is 6.07 Å². The Balaban J connectivity index is 1.57. The first kappa shape index (κ1) is 25.8. The summed E-state index contributed by atoms with van der Waals surface area (Å²) in [7, 11) is 0. The molecule has 2 N–H and O–H groups in total. The number of rotatable bonds is 10. The van der Waals surface area contributed by atoms with Gasteiger partial charge in [-0.3, -0.25) is 4.79 Å². The van der Waals surface area contributed by atoms with Crippen LogP contribution in [0.1, 0.15) is 23.1 Å². The van der Waals surface area contributed by atoms with Gasteiger partial charge in [0.15, 0.2) is 17.2 Å². The Morgan fingerprint density at radius 3 is 2.61 bits per heavy atom. The number of amides is 1. The van der Waals surface area contributed by atoms with Gasteiger partial charge in [-0.25, -0.2) is 13.8 Å². The molecular formula is C27H25BrF2N2O4. The molecule has 36 heavy (non-hydrogen) atoms. The largest absolute Gasteiger partial charge is 0.494 e. The van der Waals surface area contributed by atoms with Crippen molar-refractivity contribution in [3.63, 3.8) is 0 Å². The fourth-order valence-electron chi connectivity index (χ4n) is 3.78. The number of carbonyl (C=O) groups excluding carboxylic acids is 1. The highest BCUT2D eigenvalue weighted by atomic mass is 79.9. The first-order chi connectivity index (χ1) is 17.4. The van der Waals surface area contributed by atoms with Gasteiger partial charge in [-0.1, -0.05) is 40.2 Å². The van der Waals surface area contributed by atoms with Gasteiger partial charge in [-0.2, -0.15) is 0 Å². The lowest BCUT2D eigenvalue weighted by Gasteiger charge is -2.24. The van der Waals surface area contributed by atoms with Gasteiger partial charge in [0.25, 0.3) is 5.91 Å². The number of nitrogens with one attached hydrogen (secondary N) is 1. The predicted octanol–water partition coefficient (Wildman–Crippen LogP) is 4.56. The van der Waals surface area contributed by atoms with Crippen molar-refractivity contribution in [2.45, 2.75) is 24.9 Å². The maximum Gasteiger partial charge on any atom is 0.252 e. The average Bonchev–Trinajstić information content (AvgIpc) is 3.32. The molecule has 0 radical (unpaired) electrons. The van der Waals surface area contributed by atoms with Crippen LogP contribution in [0.25, 0.3) is 0 Å². The summed E-state index contributed by atoms with van der Waals surface area (Å²) >= 11 is 3.53. The van der Waals surface area contributed by atoms with E-state index in [1.54, 1.807) is 24.3 Å². The van der Waals surface area contributed by atoms with Crippen molar-refractivity contribution < 1.29 is 28.2 Å². The van der Waals surface area contributed by atoms with Crippen molar-refractivity contribution in [3.8, 4) is 5.75 Å². The van der Waals surface area contributed by atoms with Crippen molar-refractivity contribution in [1.29, 1.82) is 0 Å². The zero-order valence-electron chi connectivity index (χ0n) is 19.3. The summed E-state index contributed by atoms with van der Waals surface area (Å²) in [5, 5.41) is 11.7. The summed E-state index contributed by atoms with van der Waals surface area (Å²) in [6.07, 6.45) is 0.804. The molecule has 3 aromatic rings. The molecule has 0 aromatic heterocycles. The Morgan fingerprint density at radius 1 is 1.11 bits per heavy atom. The molecule has 188 valence electrons. The van der Waals surface area contributed by atoms with Crippen LogP contribution in [0.3, 0.4) is 0 Å². The Kier molecular flexibility index (Phi) is 8.32. The molecule has 1 atom stereocenters. The van der Waals surface area contributed by atoms with Crippen LogP contribution in [-0.4, -0.2) is 42.3 Å². The second-order valence-corrected chi connectivity index (χ2v) is 9.24. The van der Waals surface area contributed by atoms with Crippen LogP contribution in [0.2, 0.25) is 0 Å². The fourth-order valence-corrected chi connectivity index (χ4v) is 4.21. The SMILES string of the molecule is O=C(NCc1ccc(F)c(F)c1)[C@@]1(Cc2ccccc2Br)COC(c2ccc(OCCCO)cc2)=N1. The standard InChI is InChI=1S/C27H25BrF2N2O4/c28-22-5-2-1-4-20(22)15-27(26(34)31-16-18-6-11-23(29)24(30)14-18)17-36-25(32-27)19-7-9-21(10-8-19)35-13-3-12-33/h1-2,4-11,14,33H,3,12-13,15-17H2,(H,31,34)/t27-/m1/s1. The van der Waals surface area contributed by atoms with Gasteiger partial charge in [0, 0.05) is 36.0 Å². The number of hydrogen-bond acceptors (Lipinski definition) is 5. The van der Waals surface area contributed by atoms with E-state index in [1.807, 2.05) is 24.3 Å². The monoisotopic (exact) mass is 558 g/mol. The molecule has 0 saturated heterocycles. The maximum atomic E-state index is 13.6. The van der Waals surface area contributed by atoms with Gasteiger partial charge in [-0.05, 0) is 53.6 Å². The lowest BCUT2D eigenvalue weighted by Crippen LogP contribution is -2.48.